The summed E-state index contributed by atoms with van der Waals surface area (Å²) >= 11 is 3.15. The maximum absolute atomic E-state index is 10.6. The Balaban J connectivity index is 2.77. The largest absolute Gasteiger partial charge is 0.284 e. The average Bonchev–Trinajstić information content (AvgIpc) is 2.16. The molecule has 0 aliphatic carbocycles. The van der Waals surface area contributed by atoms with Crippen molar-refractivity contribution in [3.8, 4) is 0 Å². The predicted molar refractivity (Wildman–Crippen MR) is 56.1 cm³/mol. The van der Waals surface area contributed by atoms with Crippen LogP contribution in [0, 0.1) is 10.1 Å². The average molecular weight is 253 g/mol. The topological polar surface area (TPSA) is 56.0 Å². The molecule has 0 fully saturated rings. The number of benzene rings is 1. The summed E-state index contributed by atoms with van der Waals surface area (Å²) in [5.74, 6) is 0. The van der Waals surface area contributed by atoms with Crippen molar-refractivity contribution in [1.82, 2.24) is 4.98 Å². The van der Waals surface area contributed by atoms with Crippen molar-refractivity contribution in [3.05, 3.63) is 45.2 Å². The second kappa shape index (κ2) is 3.34. The first-order valence-electron chi connectivity index (χ1n) is 3.86. The van der Waals surface area contributed by atoms with E-state index in [1.165, 1.54) is 6.07 Å². The zero-order chi connectivity index (χ0) is 10.1. The molecule has 0 radical (unpaired) electrons. The standard InChI is InChI=1S/C9H5BrN2O2/c10-8-3-7-5-11-2-1-6(7)4-9(8)12(13)14/h1-5H. The predicted octanol–water partition coefficient (Wildman–Crippen LogP) is 2.91. The van der Waals surface area contributed by atoms with Crippen molar-refractivity contribution >= 4 is 32.4 Å². The van der Waals surface area contributed by atoms with Crippen molar-refractivity contribution < 1.29 is 4.92 Å². The number of fused-ring (bicyclic) bond motifs is 1. The van der Waals surface area contributed by atoms with Gasteiger partial charge in [0.05, 0.1) is 9.40 Å². The highest BCUT2D eigenvalue weighted by molar-refractivity contribution is 9.10. The van der Waals surface area contributed by atoms with Gasteiger partial charge in [-0.2, -0.15) is 0 Å². The second-order valence-corrected chi connectivity index (χ2v) is 3.64. The molecule has 0 N–H and O–H groups in total. The third kappa shape index (κ3) is 1.46. The minimum atomic E-state index is -0.413. The number of pyridine rings is 1. The number of halogens is 1. The molecule has 70 valence electrons. The Bertz CT molecular complexity index is 513. The molecule has 2 rings (SSSR count). The molecular formula is C9H5BrN2O2. The van der Waals surface area contributed by atoms with Crippen LogP contribution in [0.3, 0.4) is 0 Å². The number of nitrogens with zero attached hydrogens (tertiary/aromatic N) is 2. The summed E-state index contributed by atoms with van der Waals surface area (Å²) in [6.45, 7) is 0. The van der Waals surface area contributed by atoms with Gasteiger partial charge >= 0.3 is 0 Å². The quantitative estimate of drug-likeness (QED) is 0.579. The van der Waals surface area contributed by atoms with Crippen LogP contribution in [0.15, 0.2) is 35.1 Å². The summed E-state index contributed by atoms with van der Waals surface area (Å²) in [7, 11) is 0. The van der Waals surface area contributed by atoms with E-state index in [0.717, 1.165) is 10.8 Å². The maximum Gasteiger partial charge on any atom is 0.284 e. The number of rotatable bonds is 1. The fraction of sp³-hybridized carbons (Fsp3) is 0. The Labute approximate surface area is 87.9 Å². The fourth-order valence-corrected chi connectivity index (χ4v) is 1.74. The smallest absolute Gasteiger partial charge is 0.264 e. The lowest BCUT2D eigenvalue weighted by molar-refractivity contribution is -0.385. The van der Waals surface area contributed by atoms with Gasteiger partial charge in [-0.1, -0.05) is 0 Å². The number of nitro benzene ring substituents is 1. The van der Waals surface area contributed by atoms with Gasteiger partial charge in [0.25, 0.3) is 5.69 Å². The molecule has 1 heterocycles. The third-order valence-corrected chi connectivity index (χ3v) is 2.54. The summed E-state index contributed by atoms with van der Waals surface area (Å²) in [6.07, 6.45) is 3.28. The van der Waals surface area contributed by atoms with Gasteiger partial charge in [-0.15, -0.1) is 0 Å². The Hall–Kier alpha value is -1.49. The van der Waals surface area contributed by atoms with E-state index < -0.39 is 4.92 Å². The van der Waals surface area contributed by atoms with Gasteiger partial charge in [0.1, 0.15) is 0 Å². The fourth-order valence-electron chi connectivity index (χ4n) is 1.24. The van der Waals surface area contributed by atoms with Crippen LogP contribution < -0.4 is 0 Å². The molecule has 0 saturated carbocycles. The molecule has 1 aromatic carbocycles. The van der Waals surface area contributed by atoms with Crippen molar-refractivity contribution in [3.63, 3.8) is 0 Å². The molecule has 1 aromatic heterocycles. The molecule has 0 amide bonds. The van der Waals surface area contributed by atoms with Crippen LogP contribution >= 0.6 is 15.9 Å². The van der Waals surface area contributed by atoms with Crippen LogP contribution in [0.4, 0.5) is 5.69 Å². The zero-order valence-electron chi connectivity index (χ0n) is 6.98. The summed E-state index contributed by atoms with van der Waals surface area (Å²) in [4.78, 5) is 14.2. The molecule has 4 nitrogen and oxygen atoms in total. The molecule has 0 saturated heterocycles. The van der Waals surface area contributed by atoms with E-state index in [9.17, 15) is 10.1 Å². The Morgan fingerprint density at radius 1 is 1.36 bits per heavy atom. The monoisotopic (exact) mass is 252 g/mol. The third-order valence-electron chi connectivity index (χ3n) is 1.90. The molecular weight excluding hydrogens is 248 g/mol. The highest BCUT2D eigenvalue weighted by atomic mass is 79.9. The molecule has 0 aliphatic rings. The number of hydrogen-bond donors (Lipinski definition) is 0. The Morgan fingerprint density at radius 3 is 2.86 bits per heavy atom. The lowest BCUT2D eigenvalue weighted by atomic mass is 10.1. The highest BCUT2D eigenvalue weighted by Crippen LogP contribution is 2.29. The van der Waals surface area contributed by atoms with Gasteiger partial charge in [-0.3, -0.25) is 15.1 Å². The molecule has 0 bridgehead atoms. The first-order valence-corrected chi connectivity index (χ1v) is 4.65. The Kier molecular flexibility index (Phi) is 2.17. The van der Waals surface area contributed by atoms with Gasteiger partial charge in [-0.25, -0.2) is 0 Å². The summed E-state index contributed by atoms with van der Waals surface area (Å²) in [6, 6.07) is 4.97. The number of hydrogen-bond acceptors (Lipinski definition) is 3. The van der Waals surface area contributed by atoms with E-state index in [1.807, 2.05) is 0 Å². The van der Waals surface area contributed by atoms with E-state index in [2.05, 4.69) is 20.9 Å². The van der Waals surface area contributed by atoms with Crippen LogP contribution in [-0.4, -0.2) is 9.91 Å². The van der Waals surface area contributed by atoms with Crippen molar-refractivity contribution in [2.24, 2.45) is 0 Å². The van der Waals surface area contributed by atoms with E-state index in [1.54, 1.807) is 24.5 Å². The zero-order valence-corrected chi connectivity index (χ0v) is 8.56. The van der Waals surface area contributed by atoms with Crippen molar-refractivity contribution in [1.29, 1.82) is 0 Å². The highest BCUT2D eigenvalue weighted by Gasteiger charge is 2.12. The molecule has 5 heteroatoms. The van der Waals surface area contributed by atoms with E-state index in [0.29, 0.717) is 4.47 Å². The SMILES string of the molecule is O=[N+]([O-])c1cc2ccncc2cc1Br. The molecule has 0 aliphatic heterocycles. The minimum Gasteiger partial charge on any atom is -0.264 e. The van der Waals surface area contributed by atoms with Crippen LogP contribution in [-0.2, 0) is 0 Å². The molecule has 0 spiro atoms. The van der Waals surface area contributed by atoms with Gasteiger partial charge < -0.3 is 0 Å². The van der Waals surface area contributed by atoms with E-state index in [-0.39, 0.29) is 5.69 Å². The van der Waals surface area contributed by atoms with Crippen LogP contribution in [0.5, 0.6) is 0 Å². The van der Waals surface area contributed by atoms with Gasteiger partial charge in [0.15, 0.2) is 0 Å². The minimum absolute atomic E-state index is 0.0729. The van der Waals surface area contributed by atoms with Crippen LogP contribution in [0.25, 0.3) is 10.8 Å². The summed E-state index contributed by atoms with van der Waals surface area (Å²) in [5, 5.41) is 12.3. The second-order valence-electron chi connectivity index (χ2n) is 2.78. The maximum atomic E-state index is 10.6. The Morgan fingerprint density at radius 2 is 2.14 bits per heavy atom. The first kappa shape index (κ1) is 9.08. The molecule has 0 unspecified atom stereocenters. The number of aromatic nitrogens is 1. The molecule has 0 atom stereocenters. The molecule has 14 heavy (non-hydrogen) atoms. The normalized spacial score (nSPS) is 10.4. The van der Waals surface area contributed by atoms with E-state index >= 15 is 0 Å². The van der Waals surface area contributed by atoms with Gasteiger partial charge in [0, 0.05) is 23.8 Å². The van der Waals surface area contributed by atoms with Crippen LogP contribution in [0.2, 0.25) is 0 Å². The summed E-state index contributed by atoms with van der Waals surface area (Å²) in [5.41, 5.74) is 0.0729. The number of nitro groups is 1. The molecule has 2 aromatic rings. The van der Waals surface area contributed by atoms with Crippen LogP contribution in [0.1, 0.15) is 0 Å². The first-order chi connectivity index (χ1) is 6.68. The van der Waals surface area contributed by atoms with Crippen molar-refractivity contribution in [2.45, 2.75) is 0 Å². The van der Waals surface area contributed by atoms with Gasteiger partial charge in [-0.05, 0) is 33.4 Å². The summed E-state index contributed by atoms with van der Waals surface area (Å²) < 4.78 is 0.475. The van der Waals surface area contributed by atoms with E-state index in [4.69, 9.17) is 0 Å². The lowest BCUT2D eigenvalue weighted by Crippen LogP contribution is -1.89. The van der Waals surface area contributed by atoms with Gasteiger partial charge in [0.2, 0.25) is 0 Å². The lowest BCUT2D eigenvalue weighted by Gasteiger charge is -1.98. The van der Waals surface area contributed by atoms with Crippen molar-refractivity contribution in [2.75, 3.05) is 0 Å².